The number of likely N-dealkylation sites (N-methyl/N-ethyl adjacent to an activating group) is 1. The summed E-state index contributed by atoms with van der Waals surface area (Å²) in [7, 11) is -0.204. The standard InChI is InChI=1S/C25H26ClF4N3O2S2/c1-33(2)22-7-6-16(15-4-3-5-17(10-15)25(28,29)30)11-21(22)32-20-13-19(27)23(12-18(20)26)37(34,35)14-24-31-8-9-36-24/h3-5,8-10,12-13,16,21-22,32H,6-7,11,14H2,1-2H3/t16-,21-,22-/m0/s1. The van der Waals surface area contributed by atoms with E-state index in [-0.39, 0.29) is 28.7 Å². The Balaban J connectivity index is 1.59. The number of rotatable bonds is 7. The third-order valence-corrected chi connectivity index (χ3v) is 9.57. The van der Waals surface area contributed by atoms with Crippen LogP contribution < -0.4 is 5.32 Å². The summed E-state index contributed by atoms with van der Waals surface area (Å²) in [6, 6.07) is 7.26. The van der Waals surface area contributed by atoms with Crippen LogP contribution in [0.4, 0.5) is 23.2 Å². The first-order chi connectivity index (χ1) is 17.3. The van der Waals surface area contributed by atoms with E-state index in [2.05, 4.69) is 10.3 Å². The van der Waals surface area contributed by atoms with Gasteiger partial charge in [0.2, 0.25) is 0 Å². The summed E-state index contributed by atoms with van der Waals surface area (Å²) >= 11 is 7.57. The molecule has 1 aliphatic carbocycles. The van der Waals surface area contributed by atoms with E-state index in [1.165, 1.54) is 18.3 Å². The van der Waals surface area contributed by atoms with Gasteiger partial charge in [0.1, 0.15) is 21.5 Å². The molecule has 0 amide bonds. The maximum Gasteiger partial charge on any atom is 0.416 e. The minimum Gasteiger partial charge on any atom is -0.379 e. The van der Waals surface area contributed by atoms with Gasteiger partial charge in [0.05, 0.1) is 16.3 Å². The third kappa shape index (κ3) is 6.45. The lowest BCUT2D eigenvalue weighted by molar-refractivity contribution is -0.137. The maximum absolute atomic E-state index is 15.1. The third-order valence-electron chi connectivity index (χ3n) is 6.66. The Morgan fingerprint density at radius 2 is 1.95 bits per heavy atom. The first kappa shape index (κ1) is 27.8. The van der Waals surface area contributed by atoms with Crippen molar-refractivity contribution in [3.05, 3.63) is 74.9 Å². The predicted octanol–water partition coefficient (Wildman–Crippen LogP) is 6.61. The Bertz CT molecular complexity index is 1350. The normalized spacial score (nSPS) is 20.8. The molecule has 0 bridgehead atoms. The van der Waals surface area contributed by atoms with Gasteiger partial charge in [-0.25, -0.2) is 17.8 Å². The fraction of sp³-hybridized carbons (Fsp3) is 0.400. The number of aromatic nitrogens is 1. The average molecular weight is 576 g/mol. The second kappa shape index (κ2) is 10.9. The number of nitrogens with one attached hydrogen (secondary N) is 1. The first-order valence-electron chi connectivity index (χ1n) is 11.6. The van der Waals surface area contributed by atoms with E-state index in [9.17, 15) is 21.6 Å². The molecule has 200 valence electrons. The molecule has 37 heavy (non-hydrogen) atoms. The van der Waals surface area contributed by atoms with Crippen LogP contribution in [0.15, 0.2) is 52.9 Å². The number of benzene rings is 2. The van der Waals surface area contributed by atoms with E-state index < -0.39 is 38.0 Å². The van der Waals surface area contributed by atoms with Crippen LogP contribution in [-0.2, 0) is 21.8 Å². The molecule has 0 radical (unpaired) electrons. The van der Waals surface area contributed by atoms with Crippen LogP contribution in [-0.4, -0.2) is 44.5 Å². The summed E-state index contributed by atoms with van der Waals surface area (Å²) in [5.74, 6) is -1.51. The van der Waals surface area contributed by atoms with E-state index in [1.54, 1.807) is 11.4 Å². The van der Waals surface area contributed by atoms with Gasteiger partial charge in [0.25, 0.3) is 0 Å². The molecular formula is C25H26ClF4N3O2S2. The number of hydrogen-bond acceptors (Lipinski definition) is 6. The Hall–Kier alpha value is -2.21. The molecule has 4 rings (SSSR count). The molecule has 3 aromatic rings. The Morgan fingerprint density at radius 1 is 1.19 bits per heavy atom. The minimum atomic E-state index is -4.43. The summed E-state index contributed by atoms with van der Waals surface area (Å²) in [6.45, 7) is 0. The zero-order valence-electron chi connectivity index (χ0n) is 20.1. The molecule has 3 atom stereocenters. The Kier molecular flexibility index (Phi) is 8.18. The topological polar surface area (TPSA) is 62.3 Å². The van der Waals surface area contributed by atoms with Gasteiger partial charge < -0.3 is 10.2 Å². The molecule has 12 heteroatoms. The number of nitrogens with zero attached hydrogens (tertiary/aromatic N) is 2. The summed E-state index contributed by atoms with van der Waals surface area (Å²) in [5.41, 5.74) is 0.137. The van der Waals surface area contributed by atoms with Crippen molar-refractivity contribution in [2.24, 2.45) is 0 Å². The molecule has 5 nitrogen and oxygen atoms in total. The van der Waals surface area contributed by atoms with Crippen molar-refractivity contribution in [2.75, 3.05) is 19.4 Å². The van der Waals surface area contributed by atoms with Gasteiger partial charge in [-0.3, -0.25) is 0 Å². The fourth-order valence-electron chi connectivity index (χ4n) is 4.84. The van der Waals surface area contributed by atoms with Crippen LogP contribution in [0.3, 0.4) is 0 Å². The van der Waals surface area contributed by atoms with Crippen molar-refractivity contribution in [3.63, 3.8) is 0 Å². The van der Waals surface area contributed by atoms with Gasteiger partial charge in [0, 0.05) is 23.7 Å². The Labute approximate surface area is 222 Å². The van der Waals surface area contributed by atoms with Gasteiger partial charge in [-0.15, -0.1) is 11.3 Å². The van der Waals surface area contributed by atoms with Crippen LogP contribution in [0.2, 0.25) is 5.02 Å². The second-order valence-electron chi connectivity index (χ2n) is 9.36. The van der Waals surface area contributed by atoms with Crippen molar-refractivity contribution in [3.8, 4) is 0 Å². The zero-order chi connectivity index (χ0) is 27.0. The van der Waals surface area contributed by atoms with Crippen LogP contribution >= 0.6 is 22.9 Å². The molecule has 1 N–H and O–H groups in total. The molecule has 1 heterocycles. The van der Waals surface area contributed by atoms with Crippen LogP contribution in [0.1, 0.15) is 41.3 Å². The second-order valence-corrected chi connectivity index (χ2v) is 12.7. The molecule has 1 aliphatic rings. The first-order valence-corrected chi connectivity index (χ1v) is 14.5. The highest BCUT2D eigenvalue weighted by atomic mass is 35.5. The monoisotopic (exact) mass is 575 g/mol. The molecule has 1 fully saturated rings. The lowest BCUT2D eigenvalue weighted by Crippen LogP contribution is -2.47. The number of thiazole rings is 1. The van der Waals surface area contributed by atoms with E-state index in [0.717, 1.165) is 29.5 Å². The molecule has 1 aromatic heterocycles. The maximum atomic E-state index is 15.1. The number of anilines is 1. The summed E-state index contributed by atoms with van der Waals surface area (Å²) < 4.78 is 80.4. The predicted molar refractivity (Wildman–Crippen MR) is 137 cm³/mol. The highest BCUT2D eigenvalue weighted by Crippen LogP contribution is 2.39. The van der Waals surface area contributed by atoms with Crippen molar-refractivity contribution < 1.29 is 26.0 Å². The van der Waals surface area contributed by atoms with Crippen molar-refractivity contribution in [2.45, 2.75) is 54.1 Å². The van der Waals surface area contributed by atoms with Gasteiger partial charge in [-0.05, 0) is 63.0 Å². The molecule has 0 unspecified atom stereocenters. The molecule has 0 saturated heterocycles. The van der Waals surface area contributed by atoms with Crippen LogP contribution in [0.5, 0.6) is 0 Å². The SMILES string of the molecule is CN(C)[C@H]1CC[C@H](c2cccc(C(F)(F)F)c2)C[C@@H]1Nc1cc(F)c(S(=O)(=O)Cc2nccs2)cc1Cl. The van der Waals surface area contributed by atoms with Crippen molar-refractivity contribution in [1.29, 1.82) is 0 Å². The fourth-order valence-corrected chi connectivity index (χ4v) is 7.47. The van der Waals surface area contributed by atoms with Gasteiger partial charge >= 0.3 is 6.18 Å². The van der Waals surface area contributed by atoms with Crippen LogP contribution in [0.25, 0.3) is 0 Å². The van der Waals surface area contributed by atoms with Gasteiger partial charge in [-0.1, -0.05) is 29.8 Å². The van der Waals surface area contributed by atoms with Crippen molar-refractivity contribution in [1.82, 2.24) is 9.88 Å². The van der Waals surface area contributed by atoms with Crippen molar-refractivity contribution >= 4 is 38.5 Å². The quantitative estimate of drug-likeness (QED) is 0.321. The minimum absolute atomic E-state index is 0.00879. The van der Waals surface area contributed by atoms with E-state index in [4.69, 9.17) is 11.6 Å². The van der Waals surface area contributed by atoms with Gasteiger partial charge in [-0.2, -0.15) is 13.2 Å². The van der Waals surface area contributed by atoms with Crippen LogP contribution in [0, 0.1) is 5.82 Å². The highest BCUT2D eigenvalue weighted by Gasteiger charge is 2.35. The number of hydrogen-bond donors (Lipinski definition) is 1. The summed E-state index contributed by atoms with van der Waals surface area (Å²) in [6.07, 6.45) is -1.07. The highest BCUT2D eigenvalue weighted by molar-refractivity contribution is 7.90. The lowest BCUT2D eigenvalue weighted by Gasteiger charge is -2.41. The number of halogens is 5. The lowest BCUT2D eigenvalue weighted by atomic mass is 9.78. The van der Waals surface area contributed by atoms with E-state index in [1.807, 2.05) is 19.0 Å². The number of alkyl halides is 3. The molecular weight excluding hydrogens is 550 g/mol. The van der Waals surface area contributed by atoms with Gasteiger partial charge in [0.15, 0.2) is 9.84 Å². The molecule has 0 aliphatic heterocycles. The molecule has 1 saturated carbocycles. The summed E-state index contributed by atoms with van der Waals surface area (Å²) in [4.78, 5) is 5.46. The average Bonchev–Trinajstić information content (AvgIpc) is 3.32. The zero-order valence-corrected chi connectivity index (χ0v) is 22.5. The smallest absolute Gasteiger partial charge is 0.379 e. The largest absolute Gasteiger partial charge is 0.416 e. The Morgan fingerprint density at radius 3 is 2.59 bits per heavy atom. The van der Waals surface area contributed by atoms with E-state index in [0.29, 0.717) is 29.8 Å². The number of sulfone groups is 1. The summed E-state index contributed by atoms with van der Waals surface area (Å²) in [5, 5.41) is 5.27. The molecule has 2 aromatic carbocycles. The molecule has 0 spiro atoms. The van der Waals surface area contributed by atoms with E-state index >= 15 is 4.39 Å².